The molecule has 0 radical (unpaired) electrons. The number of unbranched alkanes of at least 4 members (excludes halogenated alkanes) is 1. The van der Waals surface area contributed by atoms with Gasteiger partial charge in [0.25, 0.3) is 5.91 Å². The number of carbonyl (C=O) groups is 2. The summed E-state index contributed by atoms with van der Waals surface area (Å²) in [4.78, 5) is 22.0. The van der Waals surface area contributed by atoms with Gasteiger partial charge in [-0.15, -0.1) is 0 Å². The molecule has 6 nitrogen and oxygen atoms in total. The van der Waals surface area contributed by atoms with Gasteiger partial charge in [-0.3, -0.25) is 14.3 Å². The molecule has 0 spiro atoms. The monoisotopic (exact) mass is 225 g/mol. The maximum absolute atomic E-state index is 11.3. The molecule has 1 rings (SSSR count). The van der Waals surface area contributed by atoms with E-state index >= 15 is 0 Å². The van der Waals surface area contributed by atoms with Gasteiger partial charge < -0.3 is 10.5 Å². The Kier molecular flexibility index (Phi) is 4.50. The number of ether oxygens (including phenoxy) is 1. The SMILES string of the molecule is CCCCOC(=O)Cn1cc(C(N)=O)cn1. The number of esters is 1. The highest BCUT2D eigenvalue weighted by Gasteiger charge is 2.08. The van der Waals surface area contributed by atoms with Crippen molar-refractivity contribution in [2.45, 2.75) is 26.3 Å². The first-order valence-electron chi connectivity index (χ1n) is 5.11. The largest absolute Gasteiger partial charge is 0.464 e. The smallest absolute Gasteiger partial charge is 0.327 e. The predicted octanol–water partition coefficient (Wildman–Crippen LogP) is 0.325. The van der Waals surface area contributed by atoms with Crippen molar-refractivity contribution in [2.24, 2.45) is 5.73 Å². The lowest BCUT2D eigenvalue weighted by Gasteiger charge is -2.03. The quantitative estimate of drug-likeness (QED) is 0.558. The van der Waals surface area contributed by atoms with Crippen LogP contribution in [-0.2, 0) is 16.1 Å². The fraction of sp³-hybridized carbons (Fsp3) is 0.500. The van der Waals surface area contributed by atoms with Crippen LogP contribution in [0.4, 0.5) is 0 Å². The topological polar surface area (TPSA) is 87.2 Å². The van der Waals surface area contributed by atoms with Crippen molar-refractivity contribution in [1.82, 2.24) is 9.78 Å². The van der Waals surface area contributed by atoms with Crippen molar-refractivity contribution < 1.29 is 14.3 Å². The van der Waals surface area contributed by atoms with Gasteiger partial charge in [0.1, 0.15) is 6.54 Å². The Hall–Kier alpha value is -1.85. The van der Waals surface area contributed by atoms with E-state index in [1.807, 2.05) is 6.92 Å². The Morgan fingerprint density at radius 3 is 2.88 bits per heavy atom. The van der Waals surface area contributed by atoms with Crippen molar-refractivity contribution in [3.05, 3.63) is 18.0 Å². The molecule has 1 amide bonds. The zero-order chi connectivity index (χ0) is 12.0. The number of nitrogens with two attached hydrogens (primary N) is 1. The summed E-state index contributed by atoms with van der Waals surface area (Å²) in [5.41, 5.74) is 5.33. The first kappa shape index (κ1) is 12.2. The standard InChI is InChI=1S/C10H15N3O3/c1-2-3-4-16-9(14)7-13-6-8(5-12-13)10(11)15/h5-6H,2-4,7H2,1H3,(H2,11,15). The van der Waals surface area contributed by atoms with Gasteiger partial charge in [-0.05, 0) is 6.42 Å². The summed E-state index contributed by atoms with van der Waals surface area (Å²) in [6, 6.07) is 0. The number of primary amides is 1. The fourth-order valence-corrected chi connectivity index (χ4v) is 1.09. The molecule has 1 aromatic heterocycles. The highest BCUT2D eigenvalue weighted by atomic mass is 16.5. The van der Waals surface area contributed by atoms with Crippen LogP contribution in [0.25, 0.3) is 0 Å². The summed E-state index contributed by atoms with van der Waals surface area (Å²) in [6.45, 7) is 2.43. The van der Waals surface area contributed by atoms with Crippen LogP contribution in [0.15, 0.2) is 12.4 Å². The van der Waals surface area contributed by atoms with E-state index < -0.39 is 5.91 Å². The molecular weight excluding hydrogens is 210 g/mol. The lowest BCUT2D eigenvalue weighted by atomic mass is 10.3. The van der Waals surface area contributed by atoms with Crippen LogP contribution in [0.3, 0.4) is 0 Å². The molecule has 0 bridgehead atoms. The molecule has 6 heteroatoms. The third-order valence-corrected chi connectivity index (χ3v) is 1.97. The lowest BCUT2D eigenvalue weighted by Crippen LogP contribution is -2.15. The van der Waals surface area contributed by atoms with Crippen molar-refractivity contribution in [2.75, 3.05) is 6.61 Å². The third-order valence-electron chi connectivity index (χ3n) is 1.97. The van der Waals surface area contributed by atoms with Gasteiger partial charge in [-0.25, -0.2) is 0 Å². The Morgan fingerprint density at radius 2 is 2.31 bits per heavy atom. The number of amides is 1. The van der Waals surface area contributed by atoms with Crippen LogP contribution in [0, 0.1) is 0 Å². The number of hydrogen-bond donors (Lipinski definition) is 1. The Labute approximate surface area is 93.4 Å². The number of nitrogens with zero attached hydrogens (tertiary/aromatic N) is 2. The van der Waals surface area contributed by atoms with Gasteiger partial charge in [0, 0.05) is 6.20 Å². The highest BCUT2D eigenvalue weighted by molar-refractivity contribution is 5.92. The average molecular weight is 225 g/mol. The third kappa shape index (κ3) is 3.72. The molecule has 0 aliphatic heterocycles. The molecule has 1 aromatic rings. The van der Waals surface area contributed by atoms with Crippen LogP contribution in [0.2, 0.25) is 0 Å². The predicted molar refractivity (Wildman–Crippen MR) is 56.6 cm³/mol. The van der Waals surface area contributed by atoms with Gasteiger partial charge in [-0.2, -0.15) is 5.10 Å². The Balaban J connectivity index is 2.40. The Morgan fingerprint density at radius 1 is 1.56 bits per heavy atom. The summed E-state index contributed by atoms with van der Waals surface area (Å²) in [5.74, 6) is -0.932. The van der Waals surface area contributed by atoms with E-state index in [0.29, 0.717) is 6.61 Å². The number of carbonyl (C=O) groups excluding carboxylic acids is 2. The fourth-order valence-electron chi connectivity index (χ4n) is 1.09. The second-order valence-electron chi connectivity index (χ2n) is 3.36. The number of aromatic nitrogens is 2. The Bertz CT molecular complexity index is 373. The van der Waals surface area contributed by atoms with Crippen LogP contribution >= 0.6 is 0 Å². The molecule has 0 fully saturated rings. The van der Waals surface area contributed by atoms with Gasteiger partial charge in [-0.1, -0.05) is 13.3 Å². The van der Waals surface area contributed by atoms with Gasteiger partial charge in [0.05, 0.1) is 18.4 Å². The van der Waals surface area contributed by atoms with E-state index in [2.05, 4.69) is 5.10 Å². The van der Waals surface area contributed by atoms with E-state index in [-0.39, 0.29) is 18.1 Å². The van der Waals surface area contributed by atoms with E-state index in [4.69, 9.17) is 10.5 Å². The molecule has 2 N–H and O–H groups in total. The van der Waals surface area contributed by atoms with Crippen molar-refractivity contribution in [3.63, 3.8) is 0 Å². The molecule has 88 valence electrons. The lowest BCUT2D eigenvalue weighted by molar-refractivity contribution is -0.144. The van der Waals surface area contributed by atoms with Crippen molar-refractivity contribution in [3.8, 4) is 0 Å². The highest BCUT2D eigenvalue weighted by Crippen LogP contribution is 1.97. The molecule has 0 saturated carbocycles. The zero-order valence-corrected chi connectivity index (χ0v) is 9.18. The first-order chi connectivity index (χ1) is 7.63. The summed E-state index contributed by atoms with van der Waals surface area (Å²) in [5, 5.41) is 3.82. The van der Waals surface area contributed by atoms with Crippen LogP contribution < -0.4 is 5.73 Å². The molecule has 0 aromatic carbocycles. The molecule has 0 aliphatic rings. The van der Waals surface area contributed by atoms with Crippen LogP contribution in [-0.4, -0.2) is 28.3 Å². The van der Waals surface area contributed by atoms with E-state index in [1.54, 1.807) is 0 Å². The average Bonchev–Trinajstić information content (AvgIpc) is 2.66. The first-order valence-corrected chi connectivity index (χ1v) is 5.11. The molecule has 0 unspecified atom stereocenters. The normalized spacial score (nSPS) is 10.1. The summed E-state index contributed by atoms with van der Waals surface area (Å²) >= 11 is 0. The zero-order valence-electron chi connectivity index (χ0n) is 9.18. The minimum absolute atomic E-state index is 0.00298. The van der Waals surface area contributed by atoms with Crippen LogP contribution in [0.5, 0.6) is 0 Å². The summed E-state index contributed by atoms with van der Waals surface area (Å²) in [7, 11) is 0. The van der Waals surface area contributed by atoms with Crippen LogP contribution in [0.1, 0.15) is 30.1 Å². The van der Waals surface area contributed by atoms with E-state index in [9.17, 15) is 9.59 Å². The van der Waals surface area contributed by atoms with Crippen molar-refractivity contribution in [1.29, 1.82) is 0 Å². The maximum Gasteiger partial charge on any atom is 0.327 e. The minimum Gasteiger partial charge on any atom is -0.464 e. The number of hydrogen-bond acceptors (Lipinski definition) is 4. The molecule has 0 atom stereocenters. The van der Waals surface area contributed by atoms with Gasteiger partial charge >= 0.3 is 5.97 Å². The second kappa shape index (κ2) is 5.89. The second-order valence-corrected chi connectivity index (χ2v) is 3.36. The van der Waals surface area contributed by atoms with Gasteiger partial charge in [0.2, 0.25) is 0 Å². The minimum atomic E-state index is -0.564. The summed E-state index contributed by atoms with van der Waals surface area (Å²) < 4.78 is 6.27. The maximum atomic E-state index is 11.3. The molecule has 0 aliphatic carbocycles. The molecule has 1 heterocycles. The van der Waals surface area contributed by atoms with E-state index in [1.165, 1.54) is 17.1 Å². The van der Waals surface area contributed by atoms with Crippen molar-refractivity contribution >= 4 is 11.9 Å². The van der Waals surface area contributed by atoms with E-state index in [0.717, 1.165) is 12.8 Å². The summed E-state index contributed by atoms with van der Waals surface area (Å²) in [6.07, 6.45) is 4.56. The number of rotatable bonds is 6. The molecular formula is C10H15N3O3. The van der Waals surface area contributed by atoms with Gasteiger partial charge in [0.15, 0.2) is 0 Å². The molecule has 0 saturated heterocycles. The molecule has 16 heavy (non-hydrogen) atoms.